The van der Waals surface area contributed by atoms with Gasteiger partial charge in [0, 0.05) is 6.20 Å². The van der Waals surface area contributed by atoms with Gasteiger partial charge in [0.25, 0.3) is 0 Å². The highest BCUT2D eigenvalue weighted by molar-refractivity contribution is 5.11. The van der Waals surface area contributed by atoms with Gasteiger partial charge in [-0.25, -0.2) is 0 Å². The number of hydrazine groups is 1. The van der Waals surface area contributed by atoms with Crippen LogP contribution in [0.15, 0.2) is 23.9 Å². The van der Waals surface area contributed by atoms with Crippen molar-refractivity contribution in [2.45, 2.75) is 20.8 Å². The summed E-state index contributed by atoms with van der Waals surface area (Å²) in [7, 11) is 0. The van der Waals surface area contributed by atoms with Crippen LogP contribution in [0.25, 0.3) is 0 Å². The topological polar surface area (TPSA) is 38.0 Å². The van der Waals surface area contributed by atoms with Crippen LogP contribution < -0.4 is 11.3 Å². The highest BCUT2D eigenvalue weighted by atomic mass is 15.2. The minimum Gasteiger partial charge on any atom is -0.331 e. The maximum Gasteiger partial charge on any atom is 0.0123 e. The summed E-state index contributed by atoms with van der Waals surface area (Å²) in [6.45, 7) is 6.43. The number of hydrogen-bond donors (Lipinski definition) is 2. The average Bonchev–Trinajstić information content (AvgIpc) is 1.88. The molecule has 0 saturated heterocycles. The fraction of sp³-hybridized carbons (Fsp3) is 0.500. The third kappa shape index (κ3) is 4.15. The van der Waals surface area contributed by atoms with E-state index in [-0.39, 0.29) is 0 Å². The lowest BCUT2D eigenvalue weighted by Crippen LogP contribution is -2.12. The monoisotopic (exact) mass is 140 g/mol. The molecule has 0 aliphatic rings. The molecule has 0 aromatic rings. The molecule has 0 unspecified atom stereocenters. The maximum absolute atomic E-state index is 5.02. The number of allylic oxidation sites excluding steroid dienone is 3. The maximum atomic E-state index is 5.02. The number of hydrogen-bond acceptors (Lipinski definition) is 2. The van der Waals surface area contributed by atoms with E-state index in [1.165, 1.54) is 5.57 Å². The summed E-state index contributed by atoms with van der Waals surface area (Å²) in [5.41, 5.74) is 3.79. The quantitative estimate of drug-likeness (QED) is 0.355. The van der Waals surface area contributed by atoms with Gasteiger partial charge in [-0.1, -0.05) is 25.5 Å². The molecule has 0 aliphatic carbocycles. The van der Waals surface area contributed by atoms with Gasteiger partial charge in [-0.2, -0.15) is 0 Å². The number of nitrogens with two attached hydrogens (primary N) is 1. The first-order valence-corrected chi connectivity index (χ1v) is 3.48. The molecule has 2 heteroatoms. The van der Waals surface area contributed by atoms with Crippen LogP contribution >= 0.6 is 0 Å². The Morgan fingerprint density at radius 3 is 2.50 bits per heavy atom. The molecule has 0 bridgehead atoms. The molecule has 58 valence electrons. The first-order valence-electron chi connectivity index (χ1n) is 3.48. The van der Waals surface area contributed by atoms with Crippen molar-refractivity contribution in [1.29, 1.82) is 0 Å². The SMILES string of the molecule is C/C(=C/C=C\NN)C(C)C. The van der Waals surface area contributed by atoms with Gasteiger partial charge in [0.15, 0.2) is 0 Å². The second-order valence-corrected chi connectivity index (χ2v) is 2.59. The Labute approximate surface area is 62.8 Å². The van der Waals surface area contributed by atoms with Crippen molar-refractivity contribution in [3.05, 3.63) is 23.9 Å². The van der Waals surface area contributed by atoms with Crippen molar-refractivity contribution in [2.24, 2.45) is 11.8 Å². The normalized spacial score (nSPS) is 13.1. The molecule has 0 aliphatic heterocycles. The van der Waals surface area contributed by atoms with E-state index in [4.69, 9.17) is 5.84 Å². The van der Waals surface area contributed by atoms with E-state index in [1.807, 2.05) is 12.2 Å². The van der Waals surface area contributed by atoms with Crippen molar-refractivity contribution in [3.63, 3.8) is 0 Å². The van der Waals surface area contributed by atoms with Gasteiger partial charge < -0.3 is 5.43 Å². The van der Waals surface area contributed by atoms with Crippen LogP contribution in [0, 0.1) is 5.92 Å². The molecular formula is C8H16N2. The summed E-state index contributed by atoms with van der Waals surface area (Å²) in [5, 5.41) is 0. The van der Waals surface area contributed by atoms with E-state index in [0.29, 0.717) is 5.92 Å². The molecule has 0 fully saturated rings. The largest absolute Gasteiger partial charge is 0.331 e. The van der Waals surface area contributed by atoms with Gasteiger partial charge in [-0.15, -0.1) is 0 Å². The van der Waals surface area contributed by atoms with Crippen LogP contribution in [0.3, 0.4) is 0 Å². The van der Waals surface area contributed by atoms with E-state index in [2.05, 4.69) is 26.2 Å². The lowest BCUT2D eigenvalue weighted by molar-refractivity contribution is 0.769. The highest BCUT2D eigenvalue weighted by Crippen LogP contribution is 2.06. The van der Waals surface area contributed by atoms with E-state index < -0.39 is 0 Å². The fourth-order valence-electron chi connectivity index (χ4n) is 0.448. The summed E-state index contributed by atoms with van der Waals surface area (Å²) in [5.74, 6) is 5.64. The molecular weight excluding hydrogens is 124 g/mol. The molecule has 0 heterocycles. The average molecular weight is 140 g/mol. The van der Waals surface area contributed by atoms with E-state index in [9.17, 15) is 0 Å². The minimum atomic E-state index is 0.613. The molecule has 2 nitrogen and oxygen atoms in total. The van der Waals surface area contributed by atoms with Gasteiger partial charge >= 0.3 is 0 Å². The predicted molar refractivity (Wildman–Crippen MR) is 45.1 cm³/mol. The van der Waals surface area contributed by atoms with Gasteiger partial charge in [0.2, 0.25) is 0 Å². The van der Waals surface area contributed by atoms with Crippen molar-refractivity contribution in [2.75, 3.05) is 0 Å². The van der Waals surface area contributed by atoms with E-state index in [0.717, 1.165) is 0 Å². The van der Waals surface area contributed by atoms with Crippen LogP contribution in [0.5, 0.6) is 0 Å². The molecule has 0 atom stereocenters. The molecule has 0 saturated carbocycles. The molecule has 0 rings (SSSR count). The zero-order valence-electron chi connectivity index (χ0n) is 6.89. The summed E-state index contributed by atoms with van der Waals surface area (Å²) in [6.07, 6.45) is 5.64. The summed E-state index contributed by atoms with van der Waals surface area (Å²) < 4.78 is 0. The van der Waals surface area contributed by atoms with Crippen LogP contribution in [0.4, 0.5) is 0 Å². The first kappa shape index (κ1) is 9.24. The zero-order chi connectivity index (χ0) is 7.98. The summed E-state index contributed by atoms with van der Waals surface area (Å²) in [4.78, 5) is 0. The van der Waals surface area contributed by atoms with Gasteiger partial charge in [-0.05, 0) is 18.9 Å². The Bertz CT molecular complexity index is 134. The Morgan fingerprint density at radius 1 is 1.50 bits per heavy atom. The summed E-state index contributed by atoms with van der Waals surface area (Å²) in [6, 6.07) is 0. The summed E-state index contributed by atoms with van der Waals surface area (Å²) >= 11 is 0. The molecule has 10 heavy (non-hydrogen) atoms. The minimum absolute atomic E-state index is 0.613. The van der Waals surface area contributed by atoms with Gasteiger partial charge in [0.1, 0.15) is 0 Å². The second kappa shape index (κ2) is 5.06. The van der Waals surface area contributed by atoms with Gasteiger partial charge in [-0.3, -0.25) is 5.84 Å². The van der Waals surface area contributed by atoms with Crippen molar-refractivity contribution >= 4 is 0 Å². The van der Waals surface area contributed by atoms with Crippen molar-refractivity contribution in [3.8, 4) is 0 Å². The Kier molecular flexibility index (Phi) is 4.67. The first-order chi connectivity index (χ1) is 4.68. The van der Waals surface area contributed by atoms with E-state index in [1.54, 1.807) is 6.20 Å². The lowest BCUT2D eigenvalue weighted by Gasteiger charge is -2.01. The zero-order valence-corrected chi connectivity index (χ0v) is 6.89. The molecule has 0 aromatic carbocycles. The smallest absolute Gasteiger partial charge is 0.0123 e. The molecule has 0 amide bonds. The molecule has 3 N–H and O–H groups in total. The Morgan fingerprint density at radius 2 is 2.10 bits per heavy atom. The molecule has 0 radical (unpaired) electrons. The Hall–Kier alpha value is -0.760. The lowest BCUT2D eigenvalue weighted by atomic mass is 10.1. The number of rotatable bonds is 3. The third-order valence-corrected chi connectivity index (χ3v) is 1.46. The molecule has 0 spiro atoms. The highest BCUT2D eigenvalue weighted by Gasteiger charge is 1.91. The van der Waals surface area contributed by atoms with Crippen molar-refractivity contribution in [1.82, 2.24) is 5.43 Å². The van der Waals surface area contributed by atoms with Crippen molar-refractivity contribution < 1.29 is 0 Å². The van der Waals surface area contributed by atoms with Crippen LogP contribution in [0.1, 0.15) is 20.8 Å². The fourth-order valence-corrected chi connectivity index (χ4v) is 0.448. The Balaban J connectivity index is 3.79. The van der Waals surface area contributed by atoms with Gasteiger partial charge in [0.05, 0.1) is 0 Å². The second-order valence-electron chi connectivity index (χ2n) is 2.59. The molecule has 0 aromatic heterocycles. The van der Waals surface area contributed by atoms with Crippen LogP contribution in [0.2, 0.25) is 0 Å². The third-order valence-electron chi connectivity index (χ3n) is 1.46. The number of nitrogens with one attached hydrogen (secondary N) is 1. The van der Waals surface area contributed by atoms with E-state index >= 15 is 0 Å². The standard InChI is InChI=1S/C8H16N2/c1-7(2)8(3)5-4-6-10-9/h4-7,10H,9H2,1-3H3/b6-4-,8-5-. The van der Waals surface area contributed by atoms with Crippen LogP contribution in [-0.2, 0) is 0 Å². The predicted octanol–water partition coefficient (Wildman–Crippen LogP) is 1.57. The van der Waals surface area contributed by atoms with Crippen LogP contribution in [-0.4, -0.2) is 0 Å².